The minimum atomic E-state index is 0.378. The Morgan fingerprint density at radius 2 is 2.14 bits per heavy atom. The number of rotatable bonds is 9. The van der Waals surface area contributed by atoms with E-state index < -0.39 is 0 Å². The second-order valence-corrected chi connectivity index (χ2v) is 5.33. The van der Waals surface area contributed by atoms with E-state index in [1.54, 1.807) is 0 Å². The highest BCUT2D eigenvalue weighted by Gasteiger charge is 2.14. The Morgan fingerprint density at radius 3 is 2.86 bits per heavy atom. The Bertz CT molecular complexity index is 416. The van der Waals surface area contributed by atoms with Crippen LogP contribution in [0.5, 0.6) is 11.5 Å². The molecule has 1 saturated heterocycles. The Hall–Kier alpha value is -1.26. The molecule has 4 heteroatoms. The van der Waals surface area contributed by atoms with Gasteiger partial charge in [-0.25, -0.2) is 0 Å². The summed E-state index contributed by atoms with van der Waals surface area (Å²) in [5.74, 6) is 1.67. The van der Waals surface area contributed by atoms with Crippen molar-refractivity contribution in [2.24, 2.45) is 0 Å². The summed E-state index contributed by atoms with van der Waals surface area (Å²) in [7, 11) is 0. The van der Waals surface area contributed by atoms with Crippen LogP contribution in [0.2, 0.25) is 0 Å². The Balaban J connectivity index is 1.87. The molecule has 1 aromatic carbocycles. The molecule has 1 aromatic rings. The lowest BCUT2D eigenvalue weighted by atomic mass is 10.2. The van der Waals surface area contributed by atoms with E-state index in [1.807, 2.05) is 13.0 Å². The van der Waals surface area contributed by atoms with Crippen LogP contribution in [0.15, 0.2) is 18.2 Å². The van der Waals surface area contributed by atoms with E-state index in [2.05, 4.69) is 24.4 Å². The van der Waals surface area contributed by atoms with Crippen LogP contribution >= 0.6 is 0 Å². The third-order valence-electron chi connectivity index (χ3n) is 3.49. The smallest absolute Gasteiger partial charge is 0.161 e. The van der Waals surface area contributed by atoms with Gasteiger partial charge in [0.05, 0.1) is 19.3 Å². The number of hydrogen-bond donors (Lipinski definition) is 1. The van der Waals surface area contributed by atoms with Crippen molar-refractivity contribution in [3.05, 3.63) is 23.8 Å². The van der Waals surface area contributed by atoms with E-state index in [9.17, 15) is 0 Å². The maximum atomic E-state index is 5.71. The van der Waals surface area contributed by atoms with Gasteiger partial charge in [-0.3, -0.25) is 0 Å². The molecule has 1 atom stereocenters. The number of benzene rings is 1. The summed E-state index contributed by atoms with van der Waals surface area (Å²) < 4.78 is 17.0. The topological polar surface area (TPSA) is 39.7 Å². The van der Waals surface area contributed by atoms with E-state index in [0.29, 0.717) is 12.7 Å². The largest absolute Gasteiger partial charge is 0.490 e. The molecule has 1 aliphatic rings. The minimum absolute atomic E-state index is 0.378. The van der Waals surface area contributed by atoms with Gasteiger partial charge < -0.3 is 19.5 Å². The van der Waals surface area contributed by atoms with Crippen LogP contribution in [0, 0.1) is 0 Å². The molecule has 0 aliphatic carbocycles. The molecular weight excluding hydrogens is 266 g/mol. The zero-order valence-corrected chi connectivity index (χ0v) is 13.2. The van der Waals surface area contributed by atoms with Crippen molar-refractivity contribution < 1.29 is 14.2 Å². The van der Waals surface area contributed by atoms with Crippen molar-refractivity contribution in [2.75, 3.05) is 26.4 Å². The first-order valence-corrected chi connectivity index (χ1v) is 8.04. The van der Waals surface area contributed by atoms with Gasteiger partial charge in [0.1, 0.15) is 0 Å². The number of hydrogen-bond acceptors (Lipinski definition) is 4. The molecule has 0 bridgehead atoms. The van der Waals surface area contributed by atoms with E-state index >= 15 is 0 Å². The zero-order valence-electron chi connectivity index (χ0n) is 13.2. The summed E-state index contributed by atoms with van der Waals surface area (Å²) in [6, 6.07) is 6.16. The van der Waals surface area contributed by atoms with E-state index in [0.717, 1.165) is 44.2 Å². The van der Waals surface area contributed by atoms with Gasteiger partial charge in [-0.15, -0.1) is 0 Å². The molecule has 118 valence electrons. The van der Waals surface area contributed by atoms with Crippen molar-refractivity contribution in [2.45, 2.75) is 45.8 Å². The molecule has 1 heterocycles. The standard InChI is InChI=1S/C17H27NO3/c1-3-9-21-16-8-7-14(11-17(16)19-4-2)12-18-13-15-6-5-10-20-15/h7-8,11,15,18H,3-6,9-10,12-13H2,1-2H3/t15-/m0/s1. The summed E-state index contributed by atoms with van der Waals surface area (Å²) in [6.07, 6.45) is 3.73. The molecule has 1 N–H and O–H groups in total. The van der Waals surface area contributed by atoms with Crippen molar-refractivity contribution >= 4 is 0 Å². The van der Waals surface area contributed by atoms with E-state index in [-0.39, 0.29) is 0 Å². The van der Waals surface area contributed by atoms with Crippen molar-refractivity contribution in [3.8, 4) is 11.5 Å². The summed E-state index contributed by atoms with van der Waals surface area (Å²) >= 11 is 0. The summed E-state index contributed by atoms with van der Waals surface area (Å²) in [5.41, 5.74) is 1.21. The van der Waals surface area contributed by atoms with Crippen LogP contribution in [0.3, 0.4) is 0 Å². The minimum Gasteiger partial charge on any atom is -0.490 e. The van der Waals surface area contributed by atoms with Gasteiger partial charge in [-0.1, -0.05) is 13.0 Å². The highest BCUT2D eigenvalue weighted by molar-refractivity contribution is 5.43. The van der Waals surface area contributed by atoms with Crippen LogP contribution in [0.1, 0.15) is 38.7 Å². The molecule has 1 aliphatic heterocycles. The Morgan fingerprint density at radius 1 is 1.24 bits per heavy atom. The van der Waals surface area contributed by atoms with Gasteiger partial charge in [0.15, 0.2) is 11.5 Å². The molecule has 0 aromatic heterocycles. The molecule has 1 fully saturated rings. The highest BCUT2D eigenvalue weighted by atomic mass is 16.5. The van der Waals surface area contributed by atoms with Gasteiger partial charge in [-0.2, -0.15) is 0 Å². The molecule has 2 rings (SSSR count). The summed E-state index contributed by atoms with van der Waals surface area (Å²) in [4.78, 5) is 0. The van der Waals surface area contributed by atoms with E-state index in [1.165, 1.54) is 18.4 Å². The van der Waals surface area contributed by atoms with Gasteiger partial charge >= 0.3 is 0 Å². The fourth-order valence-electron chi connectivity index (χ4n) is 2.44. The summed E-state index contributed by atoms with van der Waals surface area (Å²) in [5, 5.41) is 3.45. The SMILES string of the molecule is CCCOc1ccc(CNC[C@@H]2CCCO2)cc1OCC. The first-order valence-electron chi connectivity index (χ1n) is 8.04. The first kappa shape index (κ1) is 16.1. The molecule has 0 radical (unpaired) electrons. The van der Waals surface area contributed by atoms with Gasteiger partial charge in [-0.05, 0) is 43.9 Å². The van der Waals surface area contributed by atoms with Crippen molar-refractivity contribution in [3.63, 3.8) is 0 Å². The van der Waals surface area contributed by atoms with Crippen LogP contribution in [0.25, 0.3) is 0 Å². The third kappa shape index (κ3) is 5.21. The third-order valence-corrected chi connectivity index (χ3v) is 3.49. The van der Waals surface area contributed by atoms with Gasteiger partial charge in [0.2, 0.25) is 0 Å². The lowest BCUT2D eigenvalue weighted by molar-refractivity contribution is 0.110. The monoisotopic (exact) mass is 293 g/mol. The average molecular weight is 293 g/mol. The second kappa shape index (κ2) is 8.90. The predicted octanol–water partition coefficient (Wildman–Crippen LogP) is 3.14. The molecule has 0 spiro atoms. The lowest BCUT2D eigenvalue weighted by Gasteiger charge is -2.14. The van der Waals surface area contributed by atoms with Crippen molar-refractivity contribution in [1.82, 2.24) is 5.32 Å². The molecule has 21 heavy (non-hydrogen) atoms. The Labute approximate surface area is 127 Å². The quantitative estimate of drug-likeness (QED) is 0.759. The molecule has 4 nitrogen and oxygen atoms in total. The lowest BCUT2D eigenvalue weighted by Crippen LogP contribution is -2.25. The normalized spacial score (nSPS) is 17.9. The summed E-state index contributed by atoms with van der Waals surface area (Å²) in [6.45, 7) is 8.11. The maximum absolute atomic E-state index is 5.71. The average Bonchev–Trinajstić information content (AvgIpc) is 3.00. The predicted molar refractivity (Wildman–Crippen MR) is 84.1 cm³/mol. The first-order chi connectivity index (χ1) is 10.3. The number of ether oxygens (including phenoxy) is 3. The molecule has 0 unspecified atom stereocenters. The van der Waals surface area contributed by atoms with Crippen LogP contribution in [-0.2, 0) is 11.3 Å². The fourth-order valence-corrected chi connectivity index (χ4v) is 2.44. The molecule has 0 saturated carbocycles. The molecule has 0 amide bonds. The van der Waals surface area contributed by atoms with Gasteiger partial charge in [0, 0.05) is 19.7 Å². The second-order valence-electron chi connectivity index (χ2n) is 5.33. The molecular formula is C17H27NO3. The van der Waals surface area contributed by atoms with Crippen molar-refractivity contribution in [1.29, 1.82) is 0 Å². The Kier molecular flexibility index (Phi) is 6.83. The fraction of sp³-hybridized carbons (Fsp3) is 0.647. The van der Waals surface area contributed by atoms with Crippen LogP contribution < -0.4 is 14.8 Å². The van der Waals surface area contributed by atoms with Gasteiger partial charge in [0.25, 0.3) is 0 Å². The van der Waals surface area contributed by atoms with E-state index in [4.69, 9.17) is 14.2 Å². The highest BCUT2D eigenvalue weighted by Crippen LogP contribution is 2.28. The number of nitrogens with one attached hydrogen (secondary N) is 1. The van der Waals surface area contributed by atoms with Crippen LogP contribution in [-0.4, -0.2) is 32.5 Å². The zero-order chi connectivity index (χ0) is 14.9. The maximum Gasteiger partial charge on any atom is 0.161 e. The van der Waals surface area contributed by atoms with Crippen LogP contribution in [0.4, 0.5) is 0 Å².